The van der Waals surface area contributed by atoms with Crippen molar-refractivity contribution in [1.82, 2.24) is 15.0 Å². The fraction of sp³-hybridized carbons (Fsp3) is 0.316. The van der Waals surface area contributed by atoms with Crippen LogP contribution in [0.4, 0.5) is 5.82 Å². The van der Waals surface area contributed by atoms with E-state index in [-0.39, 0.29) is 5.41 Å². The lowest BCUT2D eigenvalue weighted by Gasteiger charge is -2.41. The summed E-state index contributed by atoms with van der Waals surface area (Å²) in [5, 5.41) is 3.38. The van der Waals surface area contributed by atoms with Gasteiger partial charge in [0.25, 0.3) is 0 Å². The number of anilines is 1. The highest BCUT2D eigenvalue weighted by molar-refractivity contribution is 7.09. The molecule has 0 radical (unpaired) electrons. The molecule has 0 bridgehead atoms. The molecule has 3 aromatic rings. The Morgan fingerprint density at radius 1 is 1.08 bits per heavy atom. The fourth-order valence-electron chi connectivity index (χ4n) is 3.62. The van der Waals surface area contributed by atoms with Crippen molar-refractivity contribution in [2.24, 2.45) is 0 Å². The lowest BCUT2D eigenvalue weighted by Crippen LogP contribution is -2.44. The van der Waals surface area contributed by atoms with Crippen LogP contribution in [0.1, 0.15) is 29.1 Å². The predicted octanol–water partition coefficient (Wildman–Crippen LogP) is 3.83. The second-order valence-corrected chi connectivity index (χ2v) is 7.32. The first-order valence-corrected chi connectivity index (χ1v) is 9.15. The Balaban J connectivity index is 1.67. The van der Waals surface area contributed by atoms with Crippen LogP contribution in [-0.2, 0) is 5.41 Å². The number of nitrogens with zero attached hydrogens (tertiary/aromatic N) is 4. The minimum absolute atomic E-state index is 0.00947. The molecule has 0 N–H and O–H groups in total. The number of piperidine rings is 1. The van der Waals surface area contributed by atoms with Gasteiger partial charge in [0.15, 0.2) is 0 Å². The Bertz CT molecular complexity index is 793. The number of hydrogen-bond acceptors (Lipinski definition) is 5. The third-order valence-electron chi connectivity index (χ3n) is 4.94. The first kappa shape index (κ1) is 15.3. The third-order valence-corrected chi connectivity index (χ3v) is 5.72. The molecule has 24 heavy (non-hydrogen) atoms. The monoisotopic (exact) mass is 336 g/mol. The summed E-state index contributed by atoms with van der Waals surface area (Å²) in [6, 6.07) is 12.8. The van der Waals surface area contributed by atoms with Gasteiger partial charge in [-0.3, -0.25) is 0 Å². The number of hydrogen-bond donors (Lipinski definition) is 0. The van der Waals surface area contributed by atoms with E-state index >= 15 is 0 Å². The van der Waals surface area contributed by atoms with Crippen LogP contribution in [0.25, 0.3) is 0 Å². The van der Waals surface area contributed by atoms with Crippen molar-refractivity contribution in [3.63, 3.8) is 0 Å². The quantitative estimate of drug-likeness (QED) is 0.729. The Hall–Kier alpha value is -2.27. The van der Waals surface area contributed by atoms with Gasteiger partial charge in [-0.15, -0.1) is 11.3 Å². The zero-order valence-corrected chi connectivity index (χ0v) is 14.5. The van der Waals surface area contributed by atoms with Crippen molar-refractivity contribution < 1.29 is 0 Å². The summed E-state index contributed by atoms with van der Waals surface area (Å²) in [5.74, 6) is 1.01. The van der Waals surface area contributed by atoms with Crippen molar-refractivity contribution in [3.8, 4) is 0 Å². The maximum absolute atomic E-state index is 4.86. The largest absolute Gasteiger partial charge is 0.356 e. The lowest BCUT2D eigenvalue weighted by atomic mass is 9.70. The van der Waals surface area contributed by atoms with E-state index in [1.807, 2.05) is 12.3 Å². The summed E-state index contributed by atoms with van der Waals surface area (Å²) in [5.41, 5.74) is 2.60. The number of benzene rings is 1. The molecule has 3 heterocycles. The van der Waals surface area contributed by atoms with Crippen LogP contribution in [-0.4, -0.2) is 28.0 Å². The van der Waals surface area contributed by atoms with Gasteiger partial charge in [0.05, 0.1) is 10.7 Å². The maximum atomic E-state index is 4.86. The number of aromatic nitrogens is 3. The van der Waals surface area contributed by atoms with E-state index < -0.39 is 0 Å². The number of rotatable bonds is 3. The van der Waals surface area contributed by atoms with Crippen molar-refractivity contribution in [3.05, 3.63) is 70.6 Å². The molecule has 0 amide bonds. The summed E-state index contributed by atoms with van der Waals surface area (Å²) in [4.78, 5) is 15.6. The van der Waals surface area contributed by atoms with Crippen LogP contribution in [0.15, 0.2) is 54.3 Å². The summed E-state index contributed by atoms with van der Waals surface area (Å²) in [6.07, 6.45) is 5.53. The molecule has 1 aliphatic heterocycles. The molecular formula is C19H20N4S. The zero-order chi connectivity index (χ0) is 16.4. The van der Waals surface area contributed by atoms with Crippen molar-refractivity contribution in [1.29, 1.82) is 0 Å². The van der Waals surface area contributed by atoms with Crippen LogP contribution in [0.2, 0.25) is 0 Å². The summed E-state index contributed by atoms with van der Waals surface area (Å²) in [6.45, 7) is 4.04. The number of aryl methyl sites for hydroxylation is 1. The molecule has 1 fully saturated rings. The highest BCUT2D eigenvalue weighted by Gasteiger charge is 2.39. The molecule has 0 spiro atoms. The average Bonchev–Trinajstić information content (AvgIpc) is 3.10. The topological polar surface area (TPSA) is 41.9 Å². The number of thiazole rings is 1. The standard InChI is InChI=1S/C19H20N4S/c1-15-22-17(13-24-15)19(16-5-3-2-4-6-16)8-11-23(12-9-19)18-7-10-20-14-21-18/h2-7,10,13-14H,8-9,11-12H2,1H3. The van der Waals surface area contributed by atoms with Gasteiger partial charge in [-0.2, -0.15) is 0 Å². The summed E-state index contributed by atoms with van der Waals surface area (Å²) in [7, 11) is 0. The fourth-order valence-corrected chi connectivity index (χ4v) is 4.33. The first-order chi connectivity index (χ1) is 11.8. The maximum Gasteiger partial charge on any atom is 0.131 e. The third kappa shape index (κ3) is 2.69. The smallest absolute Gasteiger partial charge is 0.131 e. The molecule has 0 aliphatic carbocycles. The molecule has 0 saturated carbocycles. The van der Waals surface area contributed by atoms with Gasteiger partial charge in [0.1, 0.15) is 12.1 Å². The Kier molecular flexibility index (Phi) is 4.02. The Morgan fingerprint density at radius 3 is 2.50 bits per heavy atom. The van der Waals surface area contributed by atoms with Gasteiger partial charge in [-0.1, -0.05) is 30.3 Å². The average molecular weight is 336 g/mol. The van der Waals surface area contributed by atoms with Crippen molar-refractivity contribution in [2.45, 2.75) is 25.2 Å². The van der Waals surface area contributed by atoms with Crippen molar-refractivity contribution in [2.75, 3.05) is 18.0 Å². The van der Waals surface area contributed by atoms with E-state index in [4.69, 9.17) is 4.98 Å². The first-order valence-electron chi connectivity index (χ1n) is 8.27. The van der Waals surface area contributed by atoms with Crippen LogP contribution >= 0.6 is 11.3 Å². The highest BCUT2D eigenvalue weighted by atomic mass is 32.1. The van der Waals surface area contributed by atoms with Crippen LogP contribution < -0.4 is 4.90 Å². The van der Waals surface area contributed by atoms with Crippen LogP contribution in [0, 0.1) is 6.92 Å². The molecule has 122 valence electrons. The van der Waals surface area contributed by atoms with E-state index in [0.29, 0.717) is 0 Å². The van der Waals surface area contributed by atoms with Crippen LogP contribution in [0.3, 0.4) is 0 Å². The molecule has 1 saturated heterocycles. The Morgan fingerprint density at radius 2 is 1.88 bits per heavy atom. The predicted molar refractivity (Wildman–Crippen MR) is 97.6 cm³/mol. The molecule has 1 aromatic carbocycles. The van der Waals surface area contributed by atoms with E-state index in [9.17, 15) is 0 Å². The van der Waals surface area contributed by atoms with Gasteiger partial charge in [-0.25, -0.2) is 15.0 Å². The van der Waals surface area contributed by atoms with Gasteiger partial charge >= 0.3 is 0 Å². The molecule has 4 rings (SSSR count). The Labute approximate surface area is 146 Å². The van der Waals surface area contributed by atoms with Gasteiger partial charge in [-0.05, 0) is 31.4 Å². The summed E-state index contributed by atoms with van der Waals surface area (Å²) >= 11 is 1.74. The van der Waals surface area contributed by atoms with Gasteiger partial charge in [0.2, 0.25) is 0 Å². The van der Waals surface area contributed by atoms with Crippen molar-refractivity contribution >= 4 is 17.2 Å². The molecule has 5 heteroatoms. The van der Waals surface area contributed by atoms with Crippen LogP contribution in [0.5, 0.6) is 0 Å². The van der Waals surface area contributed by atoms with E-state index in [0.717, 1.165) is 36.8 Å². The van der Waals surface area contributed by atoms with Gasteiger partial charge < -0.3 is 4.90 Å². The van der Waals surface area contributed by atoms with Gasteiger partial charge in [0, 0.05) is 30.1 Å². The molecule has 4 nitrogen and oxygen atoms in total. The van der Waals surface area contributed by atoms with E-state index in [2.05, 4.69) is 57.5 Å². The summed E-state index contributed by atoms with van der Waals surface area (Å²) < 4.78 is 0. The minimum Gasteiger partial charge on any atom is -0.356 e. The highest BCUT2D eigenvalue weighted by Crippen LogP contribution is 2.42. The second-order valence-electron chi connectivity index (χ2n) is 6.25. The SMILES string of the molecule is Cc1nc(C2(c3ccccc3)CCN(c3ccncn3)CC2)cs1. The molecular weight excluding hydrogens is 316 g/mol. The lowest BCUT2D eigenvalue weighted by molar-refractivity contribution is 0.383. The second kappa shape index (κ2) is 6.32. The molecule has 0 unspecified atom stereocenters. The zero-order valence-electron chi connectivity index (χ0n) is 13.7. The molecule has 2 aromatic heterocycles. The minimum atomic E-state index is 0.00947. The molecule has 1 aliphatic rings. The molecule has 0 atom stereocenters. The van der Waals surface area contributed by atoms with E-state index in [1.54, 1.807) is 17.7 Å². The van der Waals surface area contributed by atoms with E-state index in [1.165, 1.54) is 11.3 Å². The normalized spacial score (nSPS) is 17.0.